The Morgan fingerprint density at radius 2 is 2.05 bits per heavy atom. The van der Waals surface area contributed by atoms with Crippen LogP contribution in [0.5, 0.6) is 0 Å². The molecule has 0 saturated heterocycles. The highest BCUT2D eigenvalue weighted by Crippen LogP contribution is 2.22. The standard InChI is InChI=1S/C12H18ClFN2O3S/c1-3-16(7-8-17)20(18,19)15(2)9-10-11(13)5-4-6-12(10)14/h4-6,17H,3,7-9H2,1-2H3. The summed E-state index contributed by atoms with van der Waals surface area (Å²) in [6.45, 7) is 1.43. The van der Waals surface area contributed by atoms with E-state index in [1.807, 2.05) is 0 Å². The van der Waals surface area contributed by atoms with Gasteiger partial charge in [-0.05, 0) is 12.1 Å². The van der Waals surface area contributed by atoms with Gasteiger partial charge in [0.25, 0.3) is 10.2 Å². The summed E-state index contributed by atoms with van der Waals surface area (Å²) in [5, 5.41) is 9.06. The Hall–Kier alpha value is -0.730. The predicted octanol–water partition coefficient (Wildman–Crippen LogP) is 1.47. The molecule has 0 radical (unpaired) electrons. The van der Waals surface area contributed by atoms with Crippen molar-refractivity contribution in [3.05, 3.63) is 34.6 Å². The minimum atomic E-state index is -3.76. The highest BCUT2D eigenvalue weighted by molar-refractivity contribution is 7.86. The molecule has 1 aromatic carbocycles. The third-order valence-electron chi connectivity index (χ3n) is 2.86. The Bertz CT molecular complexity index is 533. The monoisotopic (exact) mass is 324 g/mol. The van der Waals surface area contributed by atoms with Gasteiger partial charge in [0.2, 0.25) is 0 Å². The first kappa shape index (κ1) is 17.3. The molecule has 0 saturated carbocycles. The van der Waals surface area contributed by atoms with Crippen LogP contribution in [-0.2, 0) is 16.8 Å². The van der Waals surface area contributed by atoms with Crippen molar-refractivity contribution in [2.45, 2.75) is 13.5 Å². The highest BCUT2D eigenvalue weighted by Gasteiger charge is 2.26. The van der Waals surface area contributed by atoms with E-state index in [0.717, 1.165) is 8.61 Å². The van der Waals surface area contributed by atoms with Gasteiger partial charge >= 0.3 is 0 Å². The topological polar surface area (TPSA) is 60.9 Å². The van der Waals surface area contributed by atoms with Crippen LogP contribution in [0.4, 0.5) is 4.39 Å². The summed E-state index contributed by atoms with van der Waals surface area (Å²) in [6.07, 6.45) is 0. The predicted molar refractivity (Wildman–Crippen MR) is 76.1 cm³/mol. The van der Waals surface area contributed by atoms with Crippen LogP contribution < -0.4 is 0 Å². The number of hydrogen-bond donors (Lipinski definition) is 1. The first-order valence-electron chi connectivity index (χ1n) is 6.09. The summed E-state index contributed by atoms with van der Waals surface area (Å²) in [5.41, 5.74) is 0.125. The molecule has 0 aliphatic carbocycles. The van der Waals surface area contributed by atoms with E-state index in [1.54, 1.807) is 6.92 Å². The summed E-state index contributed by atoms with van der Waals surface area (Å²) in [5.74, 6) is -0.551. The van der Waals surface area contributed by atoms with Crippen LogP contribution in [0.25, 0.3) is 0 Å². The van der Waals surface area contributed by atoms with Crippen molar-refractivity contribution >= 4 is 21.8 Å². The average molecular weight is 325 g/mol. The first-order valence-corrected chi connectivity index (χ1v) is 7.87. The molecule has 1 rings (SSSR count). The molecule has 8 heteroatoms. The van der Waals surface area contributed by atoms with Crippen molar-refractivity contribution in [2.75, 3.05) is 26.7 Å². The molecular weight excluding hydrogens is 307 g/mol. The molecule has 0 aromatic heterocycles. The van der Waals surface area contributed by atoms with E-state index < -0.39 is 16.0 Å². The molecule has 0 fully saturated rings. The summed E-state index contributed by atoms with van der Waals surface area (Å²) in [7, 11) is -2.42. The van der Waals surface area contributed by atoms with Crippen LogP contribution in [0.15, 0.2) is 18.2 Å². The lowest BCUT2D eigenvalue weighted by Gasteiger charge is -2.26. The molecule has 0 bridgehead atoms. The normalized spacial score (nSPS) is 12.3. The van der Waals surface area contributed by atoms with Crippen LogP contribution in [0, 0.1) is 5.82 Å². The Kier molecular flexibility index (Phi) is 6.35. The zero-order valence-electron chi connectivity index (χ0n) is 11.4. The van der Waals surface area contributed by atoms with Gasteiger partial charge in [0.1, 0.15) is 5.82 Å². The number of rotatable bonds is 7. The zero-order valence-corrected chi connectivity index (χ0v) is 13.0. The zero-order chi connectivity index (χ0) is 15.3. The SMILES string of the molecule is CCN(CCO)S(=O)(=O)N(C)Cc1c(F)cccc1Cl. The molecule has 0 aliphatic heterocycles. The van der Waals surface area contributed by atoms with Gasteiger partial charge in [-0.25, -0.2) is 4.39 Å². The summed E-state index contributed by atoms with van der Waals surface area (Å²) < 4.78 is 40.3. The second-order valence-corrected chi connectivity index (χ2v) is 6.62. The number of likely N-dealkylation sites (N-methyl/N-ethyl adjacent to an activating group) is 1. The third-order valence-corrected chi connectivity index (χ3v) is 5.23. The molecule has 0 aliphatic rings. The molecule has 1 aromatic rings. The summed E-state index contributed by atoms with van der Waals surface area (Å²) in [6, 6.07) is 4.19. The maximum Gasteiger partial charge on any atom is 0.282 e. The number of nitrogens with zero attached hydrogens (tertiary/aromatic N) is 2. The molecule has 0 amide bonds. The Morgan fingerprint density at radius 1 is 1.40 bits per heavy atom. The molecule has 20 heavy (non-hydrogen) atoms. The van der Waals surface area contributed by atoms with Gasteiger partial charge in [0.05, 0.1) is 6.61 Å². The quantitative estimate of drug-likeness (QED) is 0.826. The van der Waals surface area contributed by atoms with Crippen molar-refractivity contribution in [3.63, 3.8) is 0 Å². The van der Waals surface area contributed by atoms with Crippen molar-refractivity contribution in [1.82, 2.24) is 8.61 Å². The van der Waals surface area contributed by atoms with Crippen LogP contribution >= 0.6 is 11.6 Å². The second-order valence-electron chi connectivity index (χ2n) is 4.18. The van der Waals surface area contributed by atoms with Crippen LogP contribution in [0.3, 0.4) is 0 Å². The Morgan fingerprint density at radius 3 is 2.55 bits per heavy atom. The van der Waals surface area contributed by atoms with Gasteiger partial charge in [-0.3, -0.25) is 0 Å². The second kappa shape index (κ2) is 7.33. The average Bonchev–Trinajstić information content (AvgIpc) is 2.39. The number of aliphatic hydroxyl groups is 1. The lowest BCUT2D eigenvalue weighted by atomic mass is 10.2. The van der Waals surface area contributed by atoms with Crippen molar-refractivity contribution in [3.8, 4) is 0 Å². The van der Waals surface area contributed by atoms with E-state index >= 15 is 0 Å². The fourth-order valence-electron chi connectivity index (χ4n) is 1.73. The van der Waals surface area contributed by atoms with Gasteiger partial charge in [-0.1, -0.05) is 24.6 Å². The fraction of sp³-hybridized carbons (Fsp3) is 0.500. The summed E-state index contributed by atoms with van der Waals surface area (Å²) in [4.78, 5) is 0. The third kappa shape index (κ3) is 3.89. The molecule has 0 unspecified atom stereocenters. The van der Waals surface area contributed by atoms with E-state index in [1.165, 1.54) is 25.2 Å². The molecule has 114 valence electrons. The molecule has 0 heterocycles. The van der Waals surface area contributed by atoms with Crippen molar-refractivity contribution < 1.29 is 17.9 Å². The van der Waals surface area contributed by atoms with Crippen molar-refractivity contribution in [2.24, 2.45) is 0 Å². The smallest absolute Gasteiger partial charge is 0.282 e. The minimum Gasteiger partial charge on any atom is -0.395 e. The Labute approximate surface area is 123 Å². The van der Waals surface area contributed by atoms with Gasteiger partial charge in [0.15, 0.2) is 0 Å². The van der Waals surface area contributed by atoms with E-state index in [4.69, 9.17) is 16.7 Å². The maximum atomic E-state index is 13.7. The van der Waals surface area contributed by atoms with Crippen LogP contribution in [0.1, 0.15) is 12.5 Å². The highest BCUT2D eigenvalue weighted by atomic mass is 35.5. The lowest BCUT2D eigenvalue weighted by molar-refractivity contribution is 0.249. The number of halogens is 2. The number of hydrogen-bond acceptors (Lipinski definition) is 3. The van der Waals surface area contributed by atoms with Gasteiger partial charge < -0.3 is 5.11 Å². The van der Waals surface area contributed by atoms with E-state index in [0.29, 0.717) is 0 Å². The number of benzene rings is 1. The molecule has 0 atom stereocenters. The molecule has 0 spiro atoms. The van der Waals surface area contributed by atoms with E-state index in [-0.39, 0.29) is 36.8 Å². The van der Waals surface area contributed by atoms with Crippen LogP contribution in [0.2, 0.25) is 5.02 Å². The minimum absolute atomic E-state index is 0.00578. The van der Waals surface area contributed by atoms with Gasteiger partial charge in [-0.2, -0.15) is 17.0 Å². The fourth-order valence-corrected chi connectivity index (χ4v) is 3.28. The lowest BCUT2D eigenvalue weighted by Crippen LogP contribution is -2.42. The largest absolute Gasteiger partial charge is 0.395 e. The molecular formula is C12H18ClFN2O3S. The maximum absolute atomic E-state index is 13.7. The Balaban J connectivity index is 2.97. The number of aliphatic hydroxyl groups excluding tert-OH is 1. The molecule has 5 nitrogen and oxygen atoms in total. The van der Waals surface area contributed by atoms with Gasteiger partial charge in [0, 0.05) is 37.3 Å². The first-order chi connectivity index (χ1) is 9.34. The van der Waals surface area contributed by atoms with E-state index in [2.05, 4.69) is 0 Å². The molecule has 1 N–H and O–H groups in total. The van der Waals surface area contributed by atoms with E-state index in [9.17, 15) is 12.8 Å². The van der Waals surface area contributed by atoms with Crippen LogP contribution in [-0.4, -0.2) is 48.9 Å². The van der Waals surface area contributed by atoms with Crippen molar-refractivity contribution in [1.29, 1.82) is 0 Å². The van der Waals surface area contributed by atoms with Gasteiger partial charge in [-0.15, -0.1) is 0 Å². The summed E-state index contributed by atoms with van der Waals surface area (Å²) >= 11 is 5.88.